The Morgan fingerprint density at radius 2 is 2.08 bits per heavy atom. The molecule has 3 nitrogen and oxygen atoms in total. The van der Waals surface area contributed by atoms with Gasteiger partial charge >= 0.3 is 0 Å². The van der Waals surface area contributed by atoms with Crippen LogP contribution in [0.25, 0.3) is 0 Å². The molecule has 0 saturated carbocycles. The van der Waals surface area contributed by atoms with E-state index in [1.54, 1.807) is 0 Å². The Morgan fingerprint density at radius 3 is 2.77 bits per heavy atom. The monoisotopic (exact) mass is 186 g/mol. The first-order chi connectivity index (χ1) is 6.35. The lowest BCUT2D eigenvalue weighted by molar-refractivity contribution is -0.298. The zero-order valence-corrected chi connectivity index (χ0v) is 8.00. The molecule has 0 aliphatic carbocycles. The minimum Gasteiger partial charge on any atom is -0.394 e. The number of hydrogen-bond donors (Lipinski definition) is 1. The molecular formula is C10H18O3. The standard InChI is InChI=1S/C10H18O3/c11-8-9-4-3-6-10(13-9)5-1-2-7-12-10/h9,11H,1-8H2/t9-,10-/m0/s1. The van der Waals surface area contributed by atoms with Crippen LogP contribution in [0.3, 0.4) is 0 Å². The van der Waals surface area contributed by atoms with Gasteiger partial charge in [-0.2, -0.15) is 0 Å². The lowest BCUT2D eigenvalue weighted by atomic mass is 9.95. The normalized spacial score (nSPS) is 40.8. The molecule has 0 aromatic carbocycles. The third kappa shape index (κ3) is 2.03. The van der Waals surface area contributed by atoms with Crippen molar-refractivity contribution in [1.82, 2.24) is 0 Å². The lowest BCUT2D eigenvalue weighted by Gasteiger charge is -2.42. The summed E-state index contributed by atoms with van der Waals surface area (Å²) >= 11 is 0. The van der Waals surface area contributed by atoms with Crippen molar-refractivity contribution in [3.63, 3.8) is 0 Å². The third-order valence-corrected chi connectivity index (χ3v) is 2.99. The van der Waals surface area contributed by atoms with E-state index in [9.17, 15) is 0 Å². The zero-order chi connectivity index (χ0) is 9.15. The summed E-state index contributed by atoms with van der Waals surface area (Å²) in [6, 6.07) is 0. The summed E-state index contributed by atoms with van der Waals surface area (Å²) in [6.45, 7) is 0.948. The van der Waals surface area contributed by atoms with Crippen molar-refractivity contribution < 1.29 is 14.6 Å². The minimum atomic E-state index is -0.329. The highest BCUT2D eigenvalue weighted by Gasteiger charge is 2.39. The van der Waals surface area contributed by atoms with Crippen molar-refractivity contribution in [2.24, 2.45) is 0 Å². The molecule has 0 aromatic heterocycles. The molecule has 3 heteroatoms. The van der Waals surface area contributed by atoms with Gasteiger partial charge in [0.05, 0.1) is 19.3 Å². The second-order valence-electron chi connectivity index (χ2n) is 4.03. The van der Waals surface area contributed by atoms with Gasteiger partial charge in [0.2, 0.25) is 0 Å². The molecule has 1 spiro atoms. The molecule has 0 amide bonds. The van der Waals surface area contributed by atoms with Crippen LogP contribution < -0.4 is 0 Å². The van der Waals surface area contributed by atoms with E-state index in [0.717, 1.165) is 38.7 Å². The maximum atomic E-state index is 9.02. The first-order valence-corrected chi connectivity index (χ1v) is 5.27. The quantitative estimate of drug-likeness (QED) is 0.673. The van der Waals surface area contributed by atoms with Crippen molar-refractivity contribution in [1.29, 1.82) is 0 Å². The molecule has 76 valence electrons. The topological polar surface area (TPSA) is 38.7 Å². The molecule has 13 heavy (non-hydrogen) atoms. The lowest BCUT2D eigenvalue weighted by Crippen LogP contribution is -2.46. The first kappa shape index (κ1) is 9.44. The SMILES string of the molecule is OC[C@@H]1CCC[C@]2(CCCCO2)O1. The van der Waals surface area contributed by atoms with Crippen molar-refractivity contribution in [3.05, 3.63) is 0 Å². The second-order valence-corrected chi connectivity index (χ2v) is 4.03. The van der Waals surface area contributed by atoms with E-state index in [4.69, 9.17) is 14.6 Å². The van der Waals surface area contributed by atoms with Gasteiger partial charge in [-0.05, 0) is 25.7 Å². The summed E-state index contributed by atoms with van der Waals surface area (Å²) in [5.74, 6) is -0.329. The molecule has 2 aliphatic heterocycles. The maximum Gasteiger partial charge on any atom is 0.168 e. The molecule has 0 aromatic rings. The van der Waals surface area contributed by atoms with E-state index in [1.807, 2.05) is 0 Å². The predicted octanol–water partition coefficient (Wildman–Crippen LogP) is 1.44. The second kappa shape index (κ2) is 3.95. The Kier molecular flexibility index (Phi) is 2.86. The molecular weight excluding hydrogens is 168 g/mol. The highest BCUT2D eigenvalue weighted by molar-refractivity contribution is 4.80. The fourth-order valence-electron chi connectivity index (χ4n) is 2.27. The van der Waals surface area contributed by atoms with Gasteiger partial charge in [0.25, 0.3) is 0 Å². The fraction of sp³-hybridized carbons (Fsp3) is 1.00. The summed E-state index contributed by atoms with van der Waals surface area (Å²) in [4.78, 5) is 0. The van der Waals surface area contributed by atoms with E-state index in [2.05, 4.69) is 0 Å². The van der Waals surface area contributed by atoms with Gasteiger partial charge in [-0.3, -0.25) is 0 Å². The van der Waals surface area contributed by atoms with Crippen molar-refractivity contribution in [2.75, 3.05) is 13.2 Å². The highest BCUT2D eigenvalue weighted by Crippen LogP contribution is 2.36. The molecule has 2 heterocycles. The Hall–Kier alpha value is -0.120. The smallest absolute Gasteiger partial charge is 0.168 e. The highest BCUT2D eigenvalue weighted by atomic mass is 16.7. The van der Waals surface area contributed by atoms with Gasteiger partial charge < -0.3 is 14.6 Å². The first-order valence-electron chi connectivity index (χ1n) is 5.27. The molecule has 2 aliphatic rings. The Labute approximate surface area is 79.0 Å². The molecule has 2 rings (SSSR count). The van der Waals surface area contributed by atoms with Crippen LogP contribution in [0.5, 0.6) is 0 Å². The number of hydrogen-bond acceptors (Lipinski definition) is 3. The average molecular weight is 186 g/mol. The predicted molar refractivity (Wildman–Crippen MR) is 48.3 cm³/mol. The van der Waals surface area contributed by atoms with Gasteiger partial charge in [-0.25, -0.2) is 0 Å². The van der Waals surface area contributed by atoms with Gasteiger partial charge in [0.15, 0.2) is 5.79 Å². The van der Waals surface area contributed by atoms with Crippen LogP contribution in [-0.2, 0) is 9.47 Å². The number of aliphatic hydroxyl groups excluding tert-OH is 1. The third-order valence-electron chi connectivity index (χ3n) is 2.99. The van der Waals surface area contributed by atoms with E-state index in [0.29, 0.717) is 0 Å². The van der Waals surface area contributed by atoms with Crippen LogP contribution in [0.4, 0.5) is 0 Å². The zero-order valence-electron chi connectivity index (χ0n) is 8.00. The average Bonchev–Trinajstić information content (AvgIpc) is 2.19. The summed E-state index contributed by atoms with van der Waals surface area (Å²) in [5.41, 5.74) is 0. The Bertz CT molecular complexity index is 158. The molecule has 0 unspecified atom stereocenters. The van der Waals surface area contributed by atoms with Crippen LogP contribution in [0.1, 0.15) is 38.5 Å². The van der Waals surface area contributed by atoms with Crippen LogP contribution in [-0.4, -0.2) is 30.2 Å². The molecule has 1 N–H and O–H groups in total. The van der Waals surface area contributed by atoms with Crippen molar-refractivity contribution in [3.8, 4) is 0 Å². The van der Waals surface area contributed by atoms with E-state index >= 15 is 0 Å². The summed E-state index contributed by atoms with van der Waals surface area (Å²) < 4.78 is 11.5. The van der Waals surface area contributed by atoms with E-state index in [-0.39, 0.29) is 18.5 Å². The van der Waals surface area contributed by atoms with Crippen LogP contribution in [0, 0.1) is 0 Å². The molecule has 2 fully saturated rings. The van der Waals surface area contributed by atoms with Gasteiger partial charge in [0.1, 0.15) is 0 Å². The minimum absolute atomic E-state index is 0.00634. The number of aliphatic hydroxyl groups is 1. The fourth-order valence-corrected chi connectivity index (χ4v) is 2.27. The molecule has 0 bridgehead atoms. The molecule has 0 radical (unpaired) electrons. The van der Waals surface area contributed by atoms with Crippen molar-refractivity contribution >= 4 is 0 Å². The van der Waals surface area contributed by atoms with Crippen molar-refractivity contribution in [2.45, 2.75) is 50.4 Å². The number of ether oxygens (including phenoxy) is 2. The summed E-state index contributed by atoms with van der Waals surface area (Å²) in [6.07, 6.45) is 6.44. The van der Waals surface area contributed by atoms with Crippen LogP contribution in [0.15, 0.2) is 0 Å². The van der Waals surface area contributed by atoms with Gasteiger partial charge in [-0.15, -0.1) is 0 Å². The maximum absolute atomic E-state index is 9.02. The van der Waals surface area contributed by atoms with E-state index in [1.165, 1.54) is 6.42 Å². The Balaban J connectivity index is 1.95. The van der Waals surface area contributed by atoms with E-state index < -0.39 is 0 Å². The largest absolute Gasteiger partial charge is 0.394 e. The number of rotatable bonds is 1. The molecule has 2 atom stereocenters. The van der Waals surface area contributed by atoms with Crippen LogP contribution >= 0.6 is 0 Å². The molecule has 2 saturated heterocycles. The Morgan fingerprint density at radius 1 is 1.23 bits per heavy atom. The summed E-state index contributed by atoms with van der Waals surface area (Å²) in [7, 11) is 0. The van der Waals surface area contributed by atoms with Crippen LogP contribution in [0.2, 0.25) is 0 Å². The summed E-state index contributed by atoms with van der Waals surface area (Å²) in [5, 5.41) is 9.02. The van der Waals surface area contributed by atoms with Gasteiger partial charge in [0, 0.05) is 12.8 Å². The van der Waals surface area contributed by atoms with Gasteiger partial charge in [-0.1, -0.05) is 0 Å².